The third-order valence-corrected chi connectivity index (χ3v) is 4.23. The summed E-state index contributed by atoms with van der Waals surface area (Å²) < 4.78 is 5.08. The van der Waals surface area contributed by atoms with E-state index in [1.54, 1.807) is 12.1 Å². The number of nitrogens with one attached hydrogen (secondary N) is 1. The van der Waals surface area contributed by atoms with Gasteiger partial charge in [-0.25, -0.2) is 0 Å². The molecule has 0 saturated heterocycles. The van der Waals surface area contributed by atoms with Gasteiger partial charge in [0.15, 0.2) is 5.75 Å². The largest absolute Gasteiger partial charge is 0.490 e. The van der Waals surface area contributed by atoms with Gasteiger partial charge in [-0.05, 0) is 24.3 Å². The highest BCUT2D eigenvalue weighted by molar-refractivity contribution is 5.57. The summed E-state index contributed by atoms with van der Waals surface area (Å²) >= 11 is 0. The molecular formula is C15H22N2O3. The lowest BCUT2D eigenvalue weighted by molar-refractivity contribution is -0.385. The quantitative estimate of drug-likeness (QED) is 0.656. The summed E-state index contributed by atoms with van der Waals surface area (Å²) in [4.78, 5) is 10.4. The number of nitro groups is 1. The standard InChI is InChI=1S/C15H22N2O3/c1-11-5-3-4-6-12(11)10-16-13-7-8-14(17(18)19)15(9-13)20-2/h7-9,11-12,16H,3-6,10H2,1-2H3. The fourth-order valence-corrected chi connectivity index (χ4v) is 2.88. The van der Waals surface area contributed by atoms with Crippen LogP contribution in [0, 0.1) is 22.0 Å². The molecule has 1 aliphatic rings. The highest BCUT2D eigenvalue weighted by atomic mass is 16.6. The summed E-state index contributed by atoms with van der Waals surface area (Å²) in [5, 5.41) is 14.2. The molecule has 1 aromatic carbocycles. The molecule has 1 aromatic rings. The molecule has 0 spiro atoms. The van der Waals surface area contributed by atoms with Gasteiger partial charge in [0.2, 0.25) is 0 Å². The summed E-state index contributed by atoms with van der Waals surface area (Å²) in [6.45, 7) is 3.23. The van der Waals surface area contributed by atoms with E-state index in [0.717, 1.165) is 18.2 Å². The van der Waals surface area contributed by atoms with Crippen LogP contribution in [0.3, 0.4) is 0 Å². The van der Waals surface area contributed by atoms with Gasteiger partial charge < -0.3 is 10.1 Å². The predicted octanol–water partition coefficient (Wildman–Crippen LogP) is 3.84. The van der Waals surface area contributed by atoms with Crippen LogP contribution in [-0.4, -0.2) is 18.6 Å². The van der Waals surface area contributed by atoms with Gasteiger partial charge in [0, 0.05) is 24.4 Å². The van der Waals surface area contributed by atoms with Gasteiger partial charge in [-0.2, -0.15) is 0 Å². The van der Waals surface area contributed by atoms with Crippen LogP contribution < -0.4 is 10.1 Å². The molecule has 2 unspecified atom stereocenters. The van der Waals surface area contributed by atoms with E-state index in [1.807, 2.05) is 0 Å². The number of benzene rings is 1. The molecule has 0 aliphatic heterocycles. The fourth-order valence-electron chi connectivity index (χ4n) is 2.88. The Labute approximate surface area is 119 Å². The molecule has 0 aromatic heterocycles. The van der Waals surface area contributed by atoms with E-state index < -0.39 is 4.92 Å². The molecule has 1 saturated carbocycles. The fraction of sp³-hybridized carbons (Fsp3) is 0.600. The van der Waals surface area contributed by atoms with Crippen LogP contribution >= 0.6 is 0 Å². The van der Waals surface area contributed by atoms with Crippen molar-refractivity contribution in [3.05, 3.63) is 28.3 Å². The number of methoxy groups -OCH3 is 1. The first-order chi connectivity index (χ1) is 9.61. The third kappa shape index (κ3) is 3.40. The molecule has 2 atom stereocenters. The molecule has 1 N–H and O–H groups in total. The summed E-state index contributed by atoms with van der Waals surface area (Å²) in [6, 6.07) is 4.94. The zero-order valence-electron chi connectivity index (χ0n) is 12.1. The van der Waals surface area contributed by atoms with Crippen LogP contribution in [0.2, 0.25) is 0 Å². The first-order valence-corrected chi connectivity index (χ1v) is 7.18. The zero-order chi connectivity index (χ0) is 14.5. The minimum atomic E-state index is -0.425. The number of anilines is 1. The Balaban J connectivity index is 2.01. The summed E-state index contributed by atoms with van der Waals surface area (Å²) in [6.07, 6.45) is 5.21. The van der Waals surface area contributed by atoms with E-state index in [-0.39, 0.29) is 5.69 Å². The lowest BCUT2D eigenvalue weighted by Crippen LogP contribution is -2.24. The monoisotopic (exact) mass is 278 g/mol. The van der Waals surface area contributed by atoms with Crippen LogP contribution in [0.25, 0.3) is 0 Å². The zero-order valence-corrected chi connectivity index (χ0v) is 12.1. The molecule has 2 rings (SSSR count). The van der Waals surface area contributed by atoms with Crippen LogP contribution in [0.4, 0.5) is 11.4 Å². The Hall–Kier alpha value is -1.78. The number of rotatable bonds is 5. The Morgan fingerprint density at radius 3 is 2.80 bits per heavy atom. The average molecular weight is 278 g/mol. The normalized spacial score (nSPS) is 22.3. The maximum atomic E-state index is 10.8. The number of nitrogens with zero attached hydrogens (tertiary/aromatic N) is 1. The maximum absolute atomic E-state index is 10.8. The van der Waals surface area contributed by atoms with Crippen LogP contribution in [0.15, 0.2) is 18.2 Å². The predicted molar refractivity (Wildman–Crippen MR) is 79.3 cm³/mol. The Kier molecular flexibility index (Phi) is 4.82. The van der Waals surface area contributed by atoms with Gasteiger partial charge >= 0.3 is 5.69 Å². The number of nitro benzene ring substituents is 1. The molecule has 110 valence electrons. The molecule has 0 heterocycles. The first kappa shape index (κ1) is 14.6. The minimum Gasteiger partial charge on any atom is -0.490 e. The maximum Gasteiger partial charge on any atom is 0.311 e. The van der Waals surface area contributed by atoms with Crippen molar-refractivity contribution in [3.8, 4) is 5.75 Å². The van der Waals surface area contributed by atoms with E-state index in [2.05, 4.69) is 12.2 Å². The van der Waals surface area contributed by atoms with Gasteiger partial charge in [-0.3, -0.25) is 10.1 Å². The number of hydrogen-bond donors (Lipinski definition) is 1. The van der Waals surface area contributed by atoms with Crippen molar-refractivity contribution in [1.82, 2.24) is 0 Å². The summed E-state index contributed by atoms with van der Waals surface area (Å²) in [5.74, 6) is 1.73. The second-order valence-corrected chi connectivity index (χ2v) is 5.55. The molecule has 0 radical (unpaired) electrons. The van der Waals surface area contributed by atoms with E-state index >= 15 is 0 Å². The van der Waals surface area contributed by atoms with Gasteiger partial charge in [0.05, 0.1) is 12.0 Å². The molecule has 5 heteroatoms. The molecule has 0 amide bonds. The SMILES string of the molecule is COc1cc(NCC2CCCCC2C)ccc1[N+](=O)[O-]. The molecule has 5 nitrogen and oxygen atoms in total. The Morgan fingerprint density at radius 1 is 1.40 bits per heavy atom. The first-order valence-electron chi connectivity index (χ1n) is 7.18. The van der Waals surface area contributed by atoms with Crippen molar-refractivity contribution in [2.75, 3.05) is 19.0 Å². The van der Waals surface area contributed by atoms with Crippen molar-refractivity contribution in [3.63, 3.8) is 0 Å². The molecular weight excluding hydrogens is 256 g/mol. The van der Waals surface area contributed by atoms with Crippen molar-refractivity contribution >= 4 is 11.4 Å². The molecule has 1 fully saturated rings. The van der Waals surface area contributed by atoms with E-state index in [1.165, 1.54) is 38.9 Å². The van der Waals surface area contributed by atoms with E-state index in [0.29, 0.717) is 11.7 Å². The van der Waals surface area contributed by atoms with Crippen molar-refractivity contribution in [2.24, 2.45) is 11.8 Å². The topological polar surface area (TPSA) is 64.4 Å². The number of ether oxygens (including phenoxy) is 1. The van der Waals surface area contributed by atoms with Crippen molar-refractivity contribution < 1.29 is 9.66 Å². The van der Waals surface area contributed by atoms with Crippen LogP contribution in [-0.2, 0) is 0 Å². The lowest BCUT2D eigenvalue weighted by Gasteiger charge is -2.29. The van der Waals surface area contributed by atoms with E-state index in [9.17, 15) is 10.1 Å². The average Bonchev–Trinajstić information content (AvgIpc) is 2.46. The third-order valence-electron chi connectivity index (χ3n) is 4.23. The summed E-state index contributed by atoms with van der Waals surface area (Å²) in [7, 11) is 1.45. The van der Waals surface area contributed by atoms with Crippen molar-refractivity contribution in [2.45, 2.75) is 32.6 Å². The van der Waals surface area contributed by atoms with Gasteiger partial charge in [-0.15, -0.1) is 0 Å². The Morgan fingerprint density at radius 2 is 2.15 bits per heavy atom. The molecule has 20 heavy (non-hydrogen) atoms. The van der Waals surface area contributed by atoms with Crippen LogP contribution in [0.5, 0.6) is 5.75 Å². The molecule has 0 bridgehead atoms. The van der Waals surface area contributed by atoms with E-state index in [4.69, 9.17) is 4.74 Å². The van der Waals surface area contributed by atoms with Gasteiger partial charge in [0.1, 0.15) is 0 Å². The smallest absolute Gasteiger partial charge is 0.311 e. The minimum absolute atomic E-state index is 0.00378. The second-order valence-electron chi connectivity index (χ2n) is 5.55. The summed E-state index contributed by atoms with van der Waals surface area (Å²) in [5.41, 5.74) is 0.884. The van der Waals surface area contributed by atoms with Crippen molar-refractivity contribution in [1.29, 1.82) is 0 Å². The number of hydrogen-bond acceptors (Lipinski definition) is 4. The lowest BCUT2D eigenvalue weighted by atomic mass is 9.80. The highest BCUT2D eigenvalue weighted by Crippen LogP contribution is 2.32. The van der Waals surface area contributed by atoms with Crippen LogP contribution in [0.1, 0.15) is 32.6 Å². The second kappa shape index (κ2) is 6.59. The van der Waals surface area contributed by atoms with Gasteiger partial charge in [0.25, 0.3) is 0 Å². The molecule has 1 aliphatic carbocycles. The van der Waals surface area contributed by atoms with Gasteiger partial charge in [-0.1, -0.05) is 26.2 Å². The Bertz CT molecular complexity index is 476. The highest BCUT2D eigenvalue weighted by Gasteiger charge is 2.21.